The Morgan fingerprint density at radius 1 is 1.48 bits per heavy atom. The lowest BCUT2D eigenvalue weighted by molar-refractivity contribution is -0.0552. The average Bonchev–Trinajstić information content (AvgIpc) is 2.46. The molecule has 1 saturated heterocycles. The molecular formula is C16H26ClN3O. The number of ether oxygens (including phenoxy) is 1. The molecule has 0 saturated carbocycles. The first-order valence-electron chi connectivity index (χ1n) is 7.58. The number of nitrogens with one attached hydrogen (secondary N) is 1. The largest absolute Gasteiger partial charge is 0.374 e. The van der Waals surface area contributed by atoms with Gasteiger partial charge in [0.2, 0.25) is 0 Å². The smallest absolute Gasteiger partial charge is 0.0872 e. The highest BCUT2D eigenvalue weighted by atomic mass is 35.5. The van der Waals surface area contributed by atoms with E-state index in [9.17, 15) is 0 Å². The molecule has 0 radical (unpaired) electrons. The van der Waals surface area contributed by atoms with Crippen molar-refractivity contribution < 1.29 is 4.74 Å². The van der Waals surface area contributed by atoms with Gasteiger partial charge in [0.05, 0.1) is 18.8 Å². The van der Waals surface area contributed by atoms with Crippen molar-refractivity contribution in [2.75, 3.05) is 19.7 Å². The van der Waals surface area contributed by atoms with Crippen molar-refractivity contribution in [1.82, 2.24) is 10.3 Å². The van der Waals surface area contributed by atoms with Gasteiger partial charge in [0, 0.05) is 24.2 Å². The number of hydrazine groups is 1. The Hall–Kier alpha value is -0.650. The molecule has 118 valence electrons. The van der Waals surface area contributed by atoms with E-state index in [0.717, 1.165) is 36.7 Å². The fourth-order valence-corrected chi connectivity index (χ4v) is 3.07. The zero-order valence-electron chi connectivity index (χ0n) is 13.1. The fourth-order valence-electron chi connectivity index (χ4n) is 2.76. The Labute approximate surface area is 132 Å². The molecule has 0 spiro atoms. The van der Waals surface area contributed by atoms with Crippen LogP contribution < -0.4 is 11.3 Å². The molecule has 3 N–H and O–H groups in total. The SMILES string of the molecule is Cc1ccc(CC(NN)C2CN(C(C)C)CCO2)c(Cl)c1. The lowest BCUT2D eigenvalue weighted by Crippen LogP contribution is -2.56. The van der Waals surface area contributed by atoms with Gasteiger partial charge in [-0.05, 0) is 44.4 Å². The lowest BCUT2D eigenvalue weighted by Gasteiger charge is -2.38. The number of nitrogens with zero attached hydrogens (tertiary/aromatic N) is 1. The van der Waals surface area contributed by atoms with Gasteiger partial charge in [-0.25, -0.2) is 0 Å². The highest BCUT2D eigenvalue weighted by Crippen LogP contribution is 2.21. The molecule has 1 aromatic rings. The Kier molecular flexibility index (Phi) is 6.02. The molecule has 2 atom stereocenters. The van der Waals surface area contributed by atoms with Crippen LogP contribution in [0.2, 0.25) is 5.02 Å². The van der Waals surface area contributed by atoms with Crippen molar-refractivity contribution in [2.24, 2.45) is 5.84 Å². The van der Waals surface area contributed by atoms with Gasteiger partial charge in [-0.1, -0.05) is 23.7 Å². The van der Waals surface area contributed by atoms with Crippen LogP contribution >= 0.6 is 11.6 Å². The van der Waals surface area contributed by atoms with Gasteiger partial charge in [-0.3, -0.25) is 16.2 Å². The van der Waals surface area contributed by atoms with Crippen LogP contribution in [-0.4, -0.2) is 42.8 Å². The predicted molar refractivity (Wildman–Crippen MR) is 87.5 cm³/mol. The van der Waals surface area contributed by atoms with E-state index in [4.69, 9.17) is 22.2 Å². The summed E-state index contributed by atoms with van der Waals surface area (Å²) in [5.74, 6) is 5.76. The minimum atomic E-state index is 0.0618. The average molecular weight is 312 g/mol. The van der Waals surface area contributed by atoms with E-state index in [1.165, 1.54) is 5.56 Å². The number of benzene rings is 1. The van der Waals surface area contributed by atoms with Crippen molar-refractivity contribution >= 4 is 11.6 Å². The van der Waals surface area contributed by atoms with Crippen LogP contribution in [-0.2, 0) is 11.2 Å². The summed E-state index contributed by atoms with van der Waals surface area (Å²) >= 11 is 6.33. The second-order valence-corrected chi connectivity index (χ2v) is 6.48. The van der Waals surface area contributed by atoms with Gasteiger partial charge in [0.1, 0.15) is 0 Å². The molecule has 1 aliphatic rings. The van der Waals surface area contributed by atoms with Gasteiger partial charge in [0.15, 0.2) is 0 Å². The Morgan fingerprint density at radius 2 is 2.24 bits per heavy atom. The number of rotatable bonds is 5. The van der Waals surface area contributed by atoms with Crippen molar-refractivity contribution in [3.63, 3.8) is 0 Å². The molecule has 1 heterocycles. The number of aryl methyl sites for hydroxylation is 1. The number of halogens is 1. The van der Waals surface area contributed by atoms with Crippen molar-refractivity contribution in [2.45, 2.75) is 45.4 Å². The number of morpholine rings is 1. The summed E-state index contributed by atoms with van der Waals surface area (Å²) in [5, 5.41) is 0.798. The summed E-state index contributed by atoms with van der Waals surface area (Å²) in [4.78, 5) is 2.43. The zero-order valence-corrected chi connectivity index (χ0v) is 13.9. The lowest BCUT2D eigenvalue weighted by atomic mass is 9.99. The summed E-state index contributed by atoms with van der Waals surface area (Å²) in [6.45, 7) is 9.10. The van der Waals surface area contributed by atoms with Gasteiger partial charge in [-0.15, -0.1) is 0 Å². The summed E-state index contributed by atoms with van der Waals surface area (Å²) in [6, 6.07) is 6.73. The van der Waals surface area contributed by atoms with Crippen LogP contribution in [0.3, 0.4) is 0 Å². The summed E-state index contributed by atoms with van der Waals surface area (Å²) < 4.78 is 5.92. The van der Waals surface area contributed by atoms with Crippen LogP contribution in [0, 0.1) is 6.92 Å². The predicted octanol–water partition coefficient (Wildman–Crippen LogP) is 2.13. The molecule has 2 rings (SSSR count). The van der Waals surface area contributed by atoms with Crippen LogP contribution in [0.4, 0.5) is 0 Å². The molecule has 0 aromatic heterocycles. The normalized spacial score (nSPS) is 21.7. The first-order chi connectivity index (χ1) is 10.0. The zero-order chi connectivity index (χ0) is 15.4. The number of nitrogens with two attached hydrogens (primary N) is 1. The fraction of sp³-hybridized carbons (Fsp3) is 0.625. The van der Waals surface area contributed by atoms with E-state index in [0.29, 0.717) is 6.04 Å². The Balaban J connectivity index is 2.05. The highest BCUT2D eigenvalue weighted by Gasteiger charge is 2.29. The van der Waals surface area contributed by atoms with Gasteiger partial charge in [-0.2, -0.15) is 0 Å². The highest BCUT2D eigenvalue weighted by molar-refractivity contribution is 6.31. The van der Waals surface area contributed by atoms with Crippen molar-refractivity contribution in [1.29, 1.82) is 0 Å². The minimum Gasteiger partial charge on any atom is -0.374 e. The van der Waals surface area contributed by atoms with Crippen molar-refractivity contribution in [3.8, 4) is 0 Å². The third-order valence-corrected chi connectivity index (χ3v) is 4.52. The summed E-state index contributed by atoms with van der Waals surface area (Å²) in [7, 11) is 0. The van der Waals surface area contributed by atoms with Gasteiger partial charge >= 0.3 is 0 Å². The van der Waals surface area contributed by atoms with E-state index in [-0.39, 0.29) is 12.1 Å². The van der Waals surface area contributed by atoms with Gasteiger partial charge < -0.3 is 4.74 Å². The maximum Gasteiger partial charge on any atom is 0.0872 e. The topological polar surface area (TPSA) is 50.5 Å². The first-order valence-corrected chi connectivity index (χ1v) is 7.96. The maximum atomic E-state index is 6.33. The standard InChI is InChI=1S/C16H26ClN3O/c1-11(2)20-6-7-21-16(10-20)15(19-18)9-13-5-4-12(3)8-14(13)17/h4-5,8,11,15-16,19H,6-7,9-10,18H2,1-3H3. The number of hydrogen-bond donors (Lipinski definition) is 2. The molecule has 0 aliphatic carbocycles. The second-order valence-electron chi connectivity index (χ2n) is 6.07. The molecular weight excluding hydrogens is 286 g/mol. The molecule has 1 aromatic carbocycles. The first kappa shape index (κ1) is 16.7. The molecule has 21 heavy (non-hydrogen) atoms. The van der Waals surface area contributed by atoms with E-state index >= 15 is 0 Å². The van der Waals surface area contributed by atoms with Crippen LogP contribution in [0.1, 0.15) is 25.0 Å². The quantitative estimate of drug-likeness (QED) is 0.646. The summed E-state index contributed by atoms with van der Waals surface area (Å²) in [6.07, 6.45) is 0.857. The maximum absolute atomic E-state index is 6.33. The molecule has 2 unspecified atom stereocenters. The van der Waals surface area contributed by atoms with Gasteiger partial charge in [0.25, 0.3) is 0 Å². The summed E-state index contributed by atoms with van der Waals surface area (Å²) in [5.41, 5.74) is 5.19. The second kappa shape index (κ2) is 7.56. The molecule has 1 fully saturated rings. The molecule has 0 bridgehead atoms. The Morgan fingerprint density at radius 3 is 2.86 bits per heavy atom. The monoisotopic (exact) mass is 311 g/mol. The van der Waals surface area contributed by atoms with Crippen molar-refractivity contribution in [3.05, 3.63) is 34.3 Å². The third kappa shape index (κ3) is 4.41. The van der Waals surface area contributed by atoms with E-state index in [1.54, 1.807) is 0 Å². The van der Waals surface area contributed by atoms with E-state index < -0.39 is 0 Å². The van der Waals surface area contributed by atoms with E-state index in [1.807, 2.05) is 13.0 Å². The van der Waals surface area contributed by atoms with Crippen LogP contribution in [0.25, 0.3) is 0 Å². The van der Waals surface area contributed by atoms with Crippen LogP contribution in [0.15, 0.2) is 18.2 Å². The third-order valence-electron chi connectivity index (χ3n) is 4.17. The molecule has 1 aliphatic heterocycles. The molecule has 5 heteroatoms. The molecule has 4 nitrogen and oxygen atoms in total. The van der Waals surface area contributed by atoms with E-state index in [2.05, 4.69) is 36.3 Å². The Bertz CT molecular complexity index is 467. The minimum absolute atomic E-state index is 0.0618. The van der Waals surface area contributed by atoms with Crippen LogP contribution in [0.5, 0.6) is 0 Å². The number of hydrogen-bond acceptors (Lipinski definition) is 4. The molecule has 0 amide bonds.